The van der Waals surface area contributed by atoms with E-state index in [2.05, 4.69) is 38.3 Å². The van der Waals surface area contributed by atoms with Crippen molar-refractivity contribution in [2.75, 3.05) is 11.9 Å². The quantitative estimate of drug-likeness (QED) is 0.907. The standard InChI is InChI=1S/C16H20N4/c1-2-4-14(5-3-1)20-11-18-19-16(20)13-6-7-15-12(10-13)8-9-17-15/h6-7,10-11,14,17H,1-5,8-9H2. The molecule has 104 valence electrons. The maximum Gasteiger partial charge on any atom is 0.164 e. The molecule has 2 aromatic rings. The molecule has 1 aliphatic heterocycles. The van der Waals surface area contributed by atoms with E-state index >= 15 is 0 Å². The van der Waals surface area contributed by atoms with Crippen LogP contribution in [0.2, 0.25) is 0 Å². The first-order valence-electron chi connectivity index (χ1n) is 7.68. The zero-order valence-electron chi connectivity index (χ0n) is 11.7. The molecule has 0 saturated heterocycles. The summed E-state index contributed by atoms with van der Waals surface area (Å²) in [6.07, 6.45) is 9.58. The number of hydrogen-bond donors (Lipinski definition) is 1. The normalized spacial score (nSPS) is 18.8. The molecule has 2 heterocycles. The fourth-order valence-corrected chi connectivity index (χ4v) is 3.52. The maximum atomic E-state index is 4.38. The lowest BCUT2D eigenvalue weighted by molar-refractivity contribution is 0.355. The summed E-state index contributed by atoms with van der Waals surface area (Å²) in [5, 5.41) is 12.0. The van der Waals surface area contributed by atoms with E-state index in [0.717, 1.165) is 18.8 Å². The lowest BCUT2D eigenvalue weighted by Gasteiger charge is -2.24. The zero-order valence-corrected chi connectivity index (χ0v) is 11.7. The van der Waals surface area contributed by atoms with Crippen LogP contribution in [0.1, 0.15) is 43.7 Å². The smallest absolute Gasteiger partial charge is 0.164 e. The summed E-state index contributed by atoms with van der Waals surface area (Å²) in [6, 6.07) is 7.21. The van der Waals surface area contributed by atoms with Crippen LogP contribution >= 0.6 is 0 Å². The molecule has 2 aliphatic rings. The topological polar surface area (TPSA) is 42.7 Å². The highest BCUT2D eigenvalue weighted by atomic mass is 15.3. The second-order valence-corrected chi connectivity index (χ2v) is 5.90. The van der Waals surface area contributed by atoms with Gasteiger partial charge in [0.25, 0.3) is 0 Å². The third kappa shape index (κ3) is 1.99. The van der Waals surface area contributed by atoms with Crippen molar-refractivity contribution in [2.24, 2.45) is 0 Å². The van der Waals surface area contributed by atoms with Gasteiger partial charge in [0, 0.05) is 23.8 Å². The molecular formula is C16H20N4. The van der Waals surface area contributed by atoms with Gasteiger partial charge in [0.15, 0.2) is 5.82 Å². The van der Waals surface area contributed by atoms with Crippen LogP contribution in [0.4, 0.5) is 5.69 Å². The van der Waals surface area contributed by atoms with Gasteiger partial charge < -0.3 is 9.88 Å². The van der Waals surface area contributed by atoms with Gasteiger partial charge in [0.05, 0.1) is 0 Å². The van der Waals surface area contributed by atoms with Crippen molar-refractivity contribution >= 4 is 5.69 Å². The van der Waals surface area contributed by atoms with Crippen molar-refractivity contribution in [3.05, 3.63) is 30.1 Å². The molecule has 0 unspecified atom stereocenters. The van der Waals surface area contributed by atoms with Crippen molar-refractivity contribution in [1.29, 1.82) is 0 Å². The zero-order chi connectivity index (χ0) is 13.4. The number of anilines is 1. The summed E-state index contributed by atoms with van der Waals surface area (Å²) in [6.45, 7) is 1.05. The molecule has 0 bridgehead atoms. The molecule has 1 aliphatic carbocycles. The molecule has 1 fully saturated rings. The number of hydrogen-bond acceptors (Lipinski definition) is 3. The van der Waals surface area contributed by atoms with E-state index in [1.54, 1.807) is 0 Å². The summed E-state index contributed by atoms with van der Waals surface area (Å²) in [5.74, 6) is 1.03. The average molecular weight is 268 g/mol. The molecule has 1 N–H and O–H groups in total. The third-order valence-electron chi connectivity index (χ3n) is 4.61. The van der Waals surface area contributed by atoms with Gasteiger partial charge >= 0.3 is 0 Å². The Labute approximate surface area is 119 Å². The minimum Gasteiger partial charge on any atom is -0.384 e. The van der Waals surface area contributed by atoms with Crippen LogP contribution in [-0.2, 0) is 6.42 Å². The van der Waals surface area contributed by atoms with E-state index < -0.39 is 0 Å². The van der Waals surface area contributed by atoms with Crippen LogP contribution in [0, 0.1) is 0 Å². The first-order valence-corrected chi connectivity index (χ1v) is 7.68. The van der Waals surface area contributed by atoms with Crippen molar-refractivity contribution in [3.8, 4) is 11.4 Å². The summed E-state index contributed by atoms with van der Waals surface area (Å²) in [4.78, 5) is 0. The van der Waals surface area contributed by atoms with Gasteiger partial charge in [-0.15, -0.1) is 10.2 Å². The third-order valence-corrected chi connectivity index (χ3v) is 4.61. The molecule has 0 atom stereocenters. The molecule has 0 radical (unpaired) electrons. The molecular weight excluding hydrogens is 248 g/mol. The Morgan fingerprint density at radius 3 is 2.95 bits per heavy atom. The van der Waals surface area contributed by atoms with Crippen molar-refractivity contribution in [2.45, 2.75) is 44.6 Å². The average Bonchev–Trinajstić information content (AvgIpc) is 3.16. The number of fused-ring (bicyclic) bond motifs is 1. The van der Waals surface area contributed by atoms with Gasteiger partial charge in [0.1, 0.15) is 6.33 Å². The lowest BCUT2D eigenvalue weighted by atomic mass is 9.95. The minimum absolute atomic E-state index is 0.583. The molecule has 1 saturated carbocycles. The van der Waals surface area contributed by atoms with Gasteiger partial charge in [-0.2, -0.15) is 0 Å². The predicted octanol–water partition coefficient (Wildman–Crippen LogP) is 3.42. The van der Waals surface area contributed by atoms with E-state index in [1.165, 1.54) is 48.9 Å². The van der Waals surface area contributed by atoms with Crippen molar-refractivity contribution in [3.63, 3.8) is 0 Å². The Bertz CT molecular complexity index is 611. The summed E-state index contributed by atoms with van der Waals surface area (Å²) < 4.78 is 2.29. The van der Waals surface area contributed by atoms with Gasteiger partial charge in [-0.3, -0.25) is 0 Å². The Morgan fingerprint density at radius 2 is 2.05 bits per heavy atom. The number of aromatic nitrogens is 3. The van der Waals surface area contributed by atoms with Gasteiger partial charge in [0.2, 0.25) is 0 Å². The van der Waals surface area contributed by atoms with E-state index in [1.807, 2.05) is 6.33 Å². The number of benzene rings is 1. The van der Waals surface area contributed by atoms with Crippen LogP contribution in [0.5, 0.6) is 0 Å². The summed E-state index contributed by atoms with van der Waals surface area (Å²) in [7, 11) is 0. The van der Waals surface area contributed by atoms with Crippen LogP contribution in [0.3, 0.4) is 0 Å². The van der Waals surface area contributed by atoms with E-state index in [0.29, 0.717) is 6.04 Å². The monoisotopic (exact) mass is 268 g/mol. The van der Waals surface area contributed by atoms with E-state index in [9.17, 15) is 0 Å². The summed E-state index contributed by atoms with van der Waals surface area (Å²) >= 11 is 0. The molecule has 1 aromatic heterocycles. The van der Waals surface area contributed by atoms with Gasteiger partial charge in [-0.1, -0.05) is 19.3 Å². The molecule has 1 aromatic carbocycles. The first kappa shape index (κ1) is 11.9. The van der Waals surface area contributed by atoms with Crippen LogP contribution in [-0.4, -0.2) is 21.3 Å². The van der Waals surface area contributed by atoms with Gasteiger partial charge in [-0.05, 0) is 43.0 Å². The van der Waals surface area contributed by atoms with E-state index in [4.69, 9.17) is 0 Å². The number of nitrogens with zero attached hydrogens (tertiary/aromatic N) is 3. The Kier molecular flexibility index (Phi) is 2.94. The van der Waals surface area contributed by atoms with Crippen molar-refractivity contribution in [1.82, 2.24) is 14.8 Å². The number of nitrogens with one attached hydrogen (secondary N) is 1. The van der Waals surface area contributed by atoms with Crippen molar-refractivity contribution < 1.29 is 0 Å². The summed E-state index contributed by atoms with van der Waals surface area (Å²) in [5.41, 5.74) is 3.88. The highest BCUT2D eigenvalue weighted by Crippen LogP contribution is 2.33. The van der Waals surface area contributed by atoms with Crippen LogP contribution in [0.25, 0.3) is 11.4 Å². The van der Waals surface area contributed by atoms with Gasteiger partial charge in [-0.25, -0.2) is 0 Å². The Balaban J connectivity index is 1.70. The highest BCUT2D eigenvalue weighted by molar-refractivity contribution is 5.65. The SMILES string of the molecule is c1cc2c(cc1-c1nncn1C1CCCCC1)CCN2. The lowest BCUT2D eigenvalue weighted by Crippen LogP contribution is -2.13. The Hall–Kier alpha value is -1.84. The van der Waals surface area contributed by atoms with E-state index in [-0.39, 0.29) is 0 Å². The fraction of sp³-hybridized carbons (Fsp3) is 0.500. The first-order chi connectivity index (χ1) is 9.92. The molecule has 0 amide bonds. The predicted molar refractivity (Wildman–Crippen MR) is 79.8 cm³/mol. The molecule has 0 spiro atoms. The minimum atomic E-state index is 0.583. The molecule has 20 heavy (non-hydrogen) atoms. The molecule has 4 rings (SSSR count). The van der Waals surface area contributed by atoms with Crippen LogP contribution in [0.15, 0.2) is 24.5 Å². The largest absolute Gasteiger partial charge is 0.384 e. The molecule has 4 heteroatoms. The Morgan fingerprint density at radius 1 is 1.15 bits per heavy atom. The fourth-order valence-electron chi connectivity index (χ4n) is 3.52. The highest BCUT2D eigenvalue weighted by Gasteiger charge is 2.20. The maximum absolute atomic E-state index is 4.38. The molecule has 4 nitrogen and oxygen atoms in total. The van der Waals surface area contributed by atoms with Crippen LogP contribution < -0.4 is 5.32 Å². The number of rotatable bonds is 2. The second-order valence-electron chi connectivity index (χ2n) is 5.90. The second kappa shape index (κ2) is 4.93.